The van der Waals surface area contributed by atoms with Gasteiger partial charge in [0.1, 0.15) is 0 Å². The zero-order chi connectivity index (χ0) is 12.0. The maximum atomic E-state index is 8.97. The lowest BCUT2D eigenvalue weighted by molar-refractivity contribution is 0.257. The van der Waals surface area contributed by atoms with Crippen LogP contribution in [0.25, 0.3) is 0 Å². The lowest BCUT2D eigenvalue weighted by atomic mass is 10.0. The van der Waals surface area contributed by atoms with Gasteiger partial charge in [0.25, 0.3) is 0 Å². The van der Waals surface area contributed by atoms with E-state index in [0.717, 1.165) is 12.8 Å². The Morgan fingerprint density at radius 2 is 2.00 bits per heavy atom. The minimum Gasteiger partial charge on any atom is -0.396 e. The highest BCUT2D eigenvalue weighted by molar-refractivity contribution is 5.28. The highest BCUT2D eigenvalue weighted by Crippen LogP contribution is 2.18. The van der Waals surface area contributed by atoms with Crippen LogP contribution in [-0.4, -0.2) is 17.8 Å². The minimum atomic E-state index is 0.256. The summed E-state index contributed by atoms with van der Waals surface area (Å²) in [6, 6.07) is 9.20. The lowest BCUT2D eigenvalue weighted by Crippen LogP contribution is -2.32. The molecule has 1 aromatic carbocycles. The number of aryl methyl sites for hydroxylation is 1. The van der Waals surface area contributed by atoms with Gasteiger partial charge >= 0.3 is 0 Å². The van der Waals surface area contributed by atoms with E-state index in [9.17, 15) is 0 Å². The van der Waals surface area contributed by atoms with Crippen LogP contribution in [-0.2, 0) is 0 Å². The van der Waals surface area contributed by atoms with Crippen LogP contribution in [0.15, 0.2) is 24.3 Å². The number of rotatable bonds is 6. The molecule has 0 saturated heterocycles. The first kappa shape index (κ1) is 13.2. The van der Waals surface area contributed by atoms with Crippen molar-refractivity contribution in [2.24, 2.45) is 0 Å². The first-order valence-electron chi connectivity index (χ1n) is 6.11. The average Bonchev–Trinajstić information content (AvgIpc) is 2.28. The van der Waals surface area contributed by atoms with Crippen LogP contribution in [0.5, 0.6) is 0 Å². The Balaban J connectivity index is 2.64. The molecule has 2 heteroatoms. The molecule has 1 rings (SSSR count). The van der Waals surface area contributed by atoms with E-state index in [0.29, 0.717) is 12.1 Å². The number of hydrogen-bond acceptors (Lipinski definition) is 2. The highest BCUT2D eigenvalue weighted by Gasteiger charge is 2.12. The van der Waals surface area contributed by atoms with Crippen molar-refractivity contribution in [3.8, 4) is 0 Å². The fourth-order valence-electron chi connectivity index (χ4n) is 2.08. The van der Waals surface area contributed by atoms with Crippen molar-refractivity contribution in [2.45, 2.75) is 45.7 Å². The standard InChI is InChI=1S/C14H23NO/c1-4-13(9-10-16)15-12(3)14-8-6-5-7-11(14)2/h5-8,12-13,15-16H,4,9-10H2,1-3H3. The summed E-state index contributed by atoms with van der Waals surface area (Å²) in [5.41, 5.74) is 2.67. The fourth-order valence-corrected chi connectivity index (χ4v) is 2.08. The Morgan fingerprint density at radius 3 is 2.56 bits per heavy atom. The van der Waals surface area contributed by atoms with E-state index in [-0.39, 0.29) is 6.61 Å². The van der Waals surface area contributed by atoms with Gasteiger partial charge < -0.3 is 10.4 Å². The molecule has 1 aromatic rings. The van der Waals surface area contributed by atoms with Crippen molar-refractivity contribution in [1.29, 1.82) is 0 Å². The van der Waals surface area contributed by atoms with Gasteiger partial charge in [0.05, 0.1) is 0 Å². The van der Waals surface area contributed by atoms with Gasteiger partial charge in [0.2, 0.25) is 0 Å². The van der Waals surface area contributed by atoms with Crippen LogP contribution in [0.1, 0.15) is 43.9 Å². The third-order valence-electron chi connectivity index (χ3n) is 3.11. The molecule has 2 unspecified atom stereocenters. The predicted octanol–water partition coefficient (Wildman–Crippen LogP) is 2.81. The van der Waals surface area contributed by atoms with Crippen LogP contribution < -0.4 is 5.32 Å². The topological polar surface area (TPSA) is 32.3 Å². The Kier molecular flexibility index (Phi) is 5.50. The zero-order valence-electron chi connectivity index (χ0n) is 10.5. The van der Waals surface area contributed by atoms with E-state index in [1.807, 2.05) is 0 Å². The Bertz CT molecular complexity index is 311. The van der Waals surface area contributed by atoms with Gasteiger partial charge in [-0.2, -0.15) is 0 Å². The predicted molar refractivity (Wildman–Crippen MR) is 68.5 cm³/mol. The van der Waals surface area contributed by atoms with Crippen molar-refractivity contribution in [3.05, 3.63) is 35.4 Å². The molecule has 0 aliphatic rings. The van der Waals surface area contributed by atoms with Gasteiger partial charge in [-0.05, 0) is 37.8 Å². The fraction of sp³-hybridized carbons (Fsp3) is 0.571. The zero-order valence-corrected chi connectivity index (χ0v) is 10.5. The Labute approximate surface area is 98.7 Å². The molecular formula is C14H23NO. The Morgan fingerprint density at radius 1 is 1.31 bits per heavy atom. The van der Waals surface area contributed by atoms with Crippen LogP contribution in [0.3, 0.4) is 0 Å². The van der Waals surface area contributed by atoms with E-state index < -0.39 is 0 Å². The van der Waals surface area contributed by atoms with E-state index in [4.69, 9.17) is 5.11 Å². The van der Waals surface area contributed by atoms with Crippen molar-refractivity contribution in [2.75, 3.05) is 6.61 Å². The summed E-state index contributed by atoms with van der Waals surface area (Å²) in [4.78, 5) is 0. The van der Waals surface area contributed by atoms with Crippen LogP contribution >= 0.6 is 0 Å². The molecule has 0 saturated carbocycles. The van der Waals surface area contributed by atoms with Crippen LogP contribution in [0, 0.1) is 6.92 Å². The smallest absolute Gasteiger partial charge is 0.0445 e. The molecule has 0 bridgehead atoms. The van der Waals surface area contributed by atoms with Crippen molar-refractivity contribution >= 4 is 0 Å². The molecule has 2 atom stereocenters. The largest absolute Gasteiger partial charge is 0.396 e. The number of nitrogens with one attached hydrogen (secondary N) is 1. The van der Waals surface area contributed by atoms with E-state index >= 15 is 0 Å². The van der Waals surface area contributed by atoms with E-state index in [2.05, 4.69) is 50.4 Å². The molecule has 2 nitrogen and oxygen atoms in total. The van der Waals surface area contributed by atoms with Gasteiger partial charge in [-0.3, -0.25) is 0 Å². The van der Waals surface area contributed by atoms with E-state index in [1.54, 1.807) is 0 Å². The molecule has 0 radical (unpaired) electrons. The lowest BCUT2D eigenvalue weighted by Gasteiger charge is -2.23. The second-order valence-corrected chi connectivity index (χ2v) is 4.36. The summed E-state index contributed by atoms with van der Waals surface area (Å²) in [7, 11) is 0. The molecule has 90 valence electrons. The molecule has 2 N–H and O–H groups in total. The molecule has 0 amide bonds. The molecule has 0 heterocycles. The van der Waals surface area contributed by atoms with Crippen molar-refractivity contribution < 1.29 is 5.11 Å². The summed E-state index contributed by atoms with van der Waals surface area (Å²) in [5, 5.41) is 12.5. The molecule has 0 aromatic heterocycles. The third-order valence-corrected chi connectivity index (χ3v) is 3.11. The summed E-state index contributed by atoms with van der Waals surface area (Å²) in [6.07, 6.45) is 1.88. The monoisotopic (exact) mass is 221 g/mol. The van der Waals surface area contributed by atoms with Crippen LogP contribution in [0.2, 0.25) is 0 Å². The maximum Gasteiger partial charge on any atom is 0.0445 e. The van der Waals surface area contributed by atoms with E-state index in [1.165, 1.54) is 11.1 Å². The summed E-state index contributed by atoms with van der Waals surface area (Å²) >= 11 is 0. The van der Waals surface area contributed by atoms with Gasteiger partial charge in [-0.25, -0.2) is 0 Å². The second kappa shape index (κ2) is 6.66. The maximum absolute atomic E-state index is 8.97. The SMILES string of the molecule is CCC(CCO)NC(C)c1ccccc1C. The normalized spacial score (nSPS) is 14.8. The van der Waals surface area contributed by atoms with Crippen molar-refractivity contribution in [1.82, 2.24) is 5.32 Å². The first-order chi connectivity index (χ1) is 7.69. The van der Waals surface area contributed by atoms with Crippen LogP contribution in [0.4, 0.5) is 0 Å². The van der Waals surface area contributed by atoms with Gasteiger partial charge in [-0.15, -0.1) is 0 Å². The number of hydrogen-bond donors (Lipinski definition) is 2. The second-order valence-electron chi connectivity index (χ2n) is 4.36. The van der Waals surface area contributed by atoms with Gasteiger partial charge in [-0.1, -0.05) is 31.2 Å². The Hall–Kier alpha value is -0.860. The van der Waals surface area contributed by atoms with Gasteiger partial charge in [0.15, 0.2) is 0 Å². The van der Waals surface area contributed by atoms with Crippen molar-refractivity contribution in [3.63, 3.8) is 0 Å². The van der Waals surface area contributed by atoms with Gasteiger partial charge in [0, 0.05) is 18.7 Å². The third kappa shape index (κ3) is 3.62. The molecule has 0 aliphatic carbocycles. The quantitative estimate of drug-likeness (QED) is 0.774. The minimum absolute atomic E-state index is 0.256. The molecule has 0 aliphatic heterocycles. The highest BCUT2D eigenvalue weighted by atomic mass is 16.3. The molecular weight excluding hydrogens is 198 g/mol. The summed E-state index contributed by atoms with van der Waals surface area (Å²) in [6.45, 7) is 6.73. The number of benzene rings is 1. The number of aliphatic hydroxyl groups excluding tert-OH is 1. The molecule has 0 spiro atoms. The first-order valence-corrected chi connectivity index (χ1v) is 6.11. The number of aliphatic hydroxyl groups is 1. The average molecular weight is 221 g/mol. The summed E-state index contributed by atoms with van der Waals surface area (Å²) < 4.78 is 0. The molecule has 0 fully saturated rings. The molecule has 16 heavy (non-hydrogen) atoms. The summed E-state index contributed by atoms with van der Waals surface area (Å²) in [5.74, 6) is 0.